The van der Waals surface area contributed by atoms with Crippen LogP contribution in [-0.4, -0.2) is 48.2 Å². The zero-order valence-corrected chi connectivity index (χ0v) is 17.5. The molecule has 1 fully saturated rings. The minimum absolute atomic E-state index is 0.0326. The summed E-state index contributed by atoms with van der Waals surface area (Å²) < 4.78 is 5.85. The van der Waals surface area contributed by atoms with E-state index in [-0.39, 0.29) is 11.9 Å². The largest absolute Gasteiger partial charge is 0.481 e. The summed E-state index contributed by atoms with van der Waals surface area (Å²) in [5.41, 5.74) is 0. The summed E-state index contributed by atoms with van der Waals surface area (Å²) >= 11 is 0. The fourth-order valence-electron chi connectivity index (χ4n) is 3.51. The van der Waals surface area contributed by atoms with Crippen LogP contribution in [-0.2, 0) is 4.79 Å². The highest BCUT2D eigenvalue weighted by molar-refractivity contribution is 5.81. The molecule has 1 aliphatic carbocycles. The van der Waals surface area contributed by atoms with Gasteiger partial charge >= 0.3 is 0 Å². The van der Waals surface area contributed by atoms with Crippen LogP contribution in [0.2, 0.25) is 0 Å². The van der Waals surface area contributed by atoms with Gasteiger partial charge in [-0.3, -0.25) is 4.79 Å². The van der Waals surface area contributed by atoms with Crippen LogP contribution < -0.4 is 20.3 Å². The van der Waals surface area contributed by atoms with Crippen LogP contribution >= 0.6 is 0 Å². The first-order chi connectivity index (χ1) is 14.0. The Morgan fingerprint density at radius 1 is 1.14 bits per heavy atom. The summed E-state index contributed by atoms with van der Waals surface area (Å²) in [7, 11) is 3.93. The van der Waals surface area contributed by atoms with Crippen molar-refractivity contribution in [2.24, 2.45) is 0 Å². The van der Waals surface area contributed by atoms with E-state index in [9.17, 15) is 4.79 Å². The Balaban J connectivity index is 1.46. The van der Waals surface area contributed by atoms with Gasteiger partial charge in [0.15, 0.2) is 6.10 Å². The number of nitrogens with zero attached hydrogens (tertiary/aromatic N) is 3. The normalized spacial score (nSPS) is 19.8. The average molecular weight is 398 g/mol. The lowest BCUT2D eigenvalue weighted by Gasteiger charge is -2.30. The maximum atomic E-state index is 12.6. The van der Waals surface area contributed by atoms with E-state index in [2.05, 4.69) is 20.6 Å². The van der Waals surface area contributed by atoms with Crippen molar-refractivity contribution < 1.29 is 9.53 Å². The van der Waals surface area contributed by atoms with Gasteiger partial charge in [0.25, 0.3) is 5.91 Å². The van der Waals surface area contributed by atoms with Crippen LogP contribution in [0.3, 0.4) is 0 Å². The van der Waals surface area contributed by atoms with Crippen molar-refractivity contribution in [2.45, 2.75) is 57.2 Å². The molecule has 1 amide bonds. The molecular formula is C22H31N5O2. The minimum atomic E-state index is -0.463. The highest BCUT2D eigenvalue weighted by Crippen LogP contribution is 2.22. The Morgan fingerprint density at radius 2 is 1.83 bits per heavy atom. The van der Waals surface area contributed by atoms with E-state index < -0.39 is 6.10 Å². The minimum Gasteiger partial charge on any atom is -0.481 e. The topological polar surface area (TPSA) is 79.4 Å². The van der Waals surface area contributed by atoms with Crippen molar-refractivity contribution in [3.63, 3.8) is 0 Å². The second-order valence-electron chi connectivity index (χ2n) is 7.66. The molecule has 1 heterocycles. The fourth-order valence-corrected chi connectivity index (χ4v) is 3.51. The van der Waals surface area contributed by atoms with Crippen molar-refractivity contribution in [2.75, 3.05) is 24.3 Å². The van der Waals surface area contributed by atoms with Crippen molar-refractivity contribution in [1.29, 1.82) is 0 Å². The summed E-state index contributed by atoms with van der Waals surface area (Å²) in [4.78, 5) is 23.5. The van der Waals surface area contributed by atoms with E-state index in [0.29, 0.717) is 18.4 Å². The van der Waals surface area contributed by atoms with Gasteiger partial charge in [0.1, 0.15) is 11.6 Å². The number of ether oxygens (including phenoxy) is 1. The number of para-hydroxylation sites is 1. The van der Waals surface area contributed by atoms with E-state index in [4.69, 9.17) is 4.74 Å². The first-order valence-corrected chi connectivity index (χ1v) is 10.3. The summed E-state index contributed by atoms with van der Waals surface area (Å²) in [5, 5.41) is 6.60. The van der Waals surface area contributed by atoms with E-state index in [1.165, 1.54) is 0 Å². The van der Waals surface area contributed by atoms with E-state index in [0.717, 1.165) is 37.3 Å². The van der Waals surface area contributed by atoms with Crippen LogP contribution in [0.15, 0.2) is 42.6 Å². The number of benzene rings is 1. The van der Waals surface area contributed by atoms with Crippen molar-refractivity contribution >= 4 is 17.7 Å². The molecule has 0 aliphatic heterocycles. The first kappa shape index (κ1) is 20.9. The molecule has 1 saturated carbocycles. The number of hydrogen-bond acceptors (Lipinski definition) is 6. The number of rotatable bonds is 8. The Labute approximate surface area is 172 Å². The lowest BCUT2D eigenvalue weighted by molar-refractivity contribution is -0.129. The first-order valence-electron chi connectivity index (χ1n) is 10.3. The van der Waals surface area contributed by atoms with Gasteiger partial charge in [-0.15, -0.1) is 0 Å². The highest BCUT2D eigenvalue weighted by Gasteiger charge is 2.26. The van der Waals surface area contributed by atoms with Gasteiger partial charge in [-0.2, -0.15) is 4.98 Å². The second kappa shape index (κ2) is 10.1. The molecule has 1 unspecified atom stereocenters. The maximum Gasteiger partial charge on any atom is 0.261 e. The van der Waals surface area contributed by atoms with Gasteiger partial charge in [-0.1, -0.05) is 25.1 Å². The molecule has 7 heteroatoms. The zero-order chi connectivity index (χ0) is 20.6. The van der Waals surface area contributed by atoms with Crippen molar-refractivity contribution in [1.82, 2.24) is 15.3 Å². The molecule has 156 valence electrons. The maximum absolute atomic E-state index is 12.6. The molecule has 0 bridgehead atoms. The molecule has 1 aromatic heterocycles. The Hall–Kier alpha value is -2.83. The number of carbonyl (C=O) groups is 1. The van der Waals surface area contributed by atoms with Gasteiger partial charge in [0.2, 0.25) is 5.95 Å². The molecule has 3 rings (SSSR count). The predicted octanol–water partition coefficient (Wildman–Crippen LogP) is 3.24. The Kier molecular flexibility index (Phi) is 7.27. The van der Waals surface area contributed by atoms with Crippen LogP contribution in [0, 0.1) is 0 Å². The molecule has 1 aromatic carbocycles. The summed E-state index contributed by atoms with van der Waals surface area (Å²) in [6.45, 7) is 1.97. The molecule has 2 aromatic rings. The number of aromatic nitrogens is 2. The Bertz CT molecular complexity index is 776. The molecule has 1 atom stereocenters. The van der Waals surface area contributed by atoms with Crippen LogP contribution in [0.1, 0.15) is 39.0 Å². The molecule has 0 radical (unpaired) electrons. The Morgan fingerprint density at radius 3 is 2.48 bits per heavy atom. The standard InChI is InChI=1S/C22H31N5O2/c1-4-19(29-18-8-6-5-7-9-18)21(28)24-16-10-12-17(13-11-16)25-22-23-15-14-20(26-22)27(2)3/h5-9,14-17,19H,4,10-13H2,1-3H3,(H,24,28)(H,23,25,26). The van der Waals surface area contributed by atoms with Crippen molar-refractivity contribution in [3.05, 3.63) is 42.6 Å². The van der Waals surface area contributed by atoms with Gasteiger partial charge in [0, 0.05) is 32.4 Å². The number of nitrogens with one attached hydrogen (secondary N) is 2. The number of amides is 1. The molecule has 0 saturated heterocycles. The lowest BCUT2D eigenvalue weighted by atomic mass is 9.91. The number of anilines is 2. The molecule has 0 spiro atoms. The third kappa shape index (κ3) is 6.07. The molecule has 29 heavy (non-hydrogen) atoms. The molecule has 2 N–H and O–H groups in total. The quantitative estimate of drug-likeness (QED) is 0.712. The second-order valence-corrected chi connectivity index (χ2v) is 7.66. The average Bonchev–Trinajstić information content (AvgIpc) is 2.74. The van der Waals surface area contributed by atoms with Gasteiger partial charge in [-0.25, -0.2) is 4.98 Å². The lowest BCUT2D eigenvalue weighted by Crippen LogP contribution is -2.46. The number of hydrogen-bond donors (Lipinski definition) is 2. The smallest absolute Gasteiger partial charge is 0.261 e. The summed E-state index contributed by atoms with van der Waals surface area (Å²) in [6.07, 6.45) is 5.74. The zero-order valence-electron chi connectivity index (χ0n) is 17.5. The van der Waals surface area contributed by atoms with Crippen LogP contribution in [0.4, 0.5) is 11.8 Å². The summed E-state index contributed by atoms with van der Waals surface area (Å²) in [5.74, 6) is 2.23. The van der Waals surface area contributed by atoms with Crippen LogP contribution in [0.5, 0.6) is 5.75 Å². The highest BCUT2D eigenvalue weighted by atomic mass is 16.5. The predicted molar refractivity (Wildman–Crippen MR) is 115 cm³/mol. The monoisotopic (exact) mass is 397 g/mol. The van der Waals surface area contributed by atoms with E-state index in [1.807, 2.05) is 62.3 Å². The van der Waals surface area contributed by atoms with Gasteiger partial charge in [0.05, 0.1) is 0 Å². The number of carbonyl (C=O) groups excluding carboxylic acids is 1. The van der Waals surface area contributed by atoms with Gasteiger partial charge in [-0.05, 0) is 50.3 Å². The molecule has 1 aliphatic rings. The van der Waals surface area contributed by atoms with E-state index in [1.54, 1.807) is 6.20 Å². The molecule has 7 nitrogen and oxygen atoms in total. The SMILES string of the molecule is CCC(Oc1ccccc1)C(=O)NC1CCC(Nc2nccc(N(C)C)n2)CC1. The van der Waals surface area contributed by atoms with Crippen molar-refractivity contribution in [3.8, 4) is 5.75 Å². The third-order valence-electron chi connectivity index (χ3n) is 5.19. The van der Waals surface area contributed by atoms with Crippen LogP contribution in [0.25, 0.3) is 0 Å². The fraction of sp³-hybridized carbons (Fsp3) is 0.500. The van der Waals surface area contributed by atoms with E-state index >= 15 is 0 Å². The third-order valence-corrected chi connectivity index (χ3v) is 5.19. The molecular weight excluding hydrogens is 366 g/mol. The summed E-state index contributed by atoms with van der Waals surface area (Å²) in [6, 6.07) is 11.9. The van der Waals surface area contributed by atoms with Gasteiger partial charge < -0.3 is 20.3 Å².